The maximum Gasteiger partial charge on any atom is 0.135 e. The van der Waals surface area contributed by atoms with Gasteiger partial charge in [-0.2, -0.15) is 0 Å². The lowest BCUT2D eigenvalue weighted by atomic mass is 10.2. The van der Waals surface area contributed by atoms with Crippen molar-refractivity contribution in [3.05, 3.63) is 64.4 Å². The van der Waals surface area contributed by atoms with Crippen LogP contribution in [0.5, 0.6) is 5.75 Å². The molecule has 102 valence electrons. The van der Waals surface area contributed by atoms with Crippen LogP contribution >= 0.6 is 11.6 Å². The van der Waals surface area contributed by atoms with E-state index in [1.54, 1.807) is 12.1 Å². The lowest BCUT2D eigenvalue weighted by Crippen LogP contribution is -2.00. The van der Waals surface area contributed by atoms with E-state index < -0.39 is 0 Å². The molecular formula is C16H13ClFNO. The molecule has 0 spiro atoms. The minimum absolute atomic E-state index is 0.0910. The quantitative estimate of drug-likeness (QED) is 0.879. The molecule has 0 radical (unpaired) electrons. The van der Waals surface area contributed by atoms with Gasteiger partial charge in [-0.25, -0.2) is 4.39 Å². The van der Waals surface area contributed by atoms with Gasteiger partial charge in [0.05, 0.1) is 12.1 Å². The van der Waals surface area contributed by atoms with E-state index in [0.717, 1.165) is 5.56 Å². The molecule has 2 aromatic carbocycles. The zero-order valence-electron chi connectivity index (χ0n) is 10.7. The second-order valence-electron chi connectivity index (χ2n) is 4.03. The van der Waals surface area contributed by atoms with E-state index in [9.17, 15) is 4.39 Å². The van der Waals surface area contributed by atoms with E-state index in [1.165, 1.54) is 12.1 Å². The van der Waals surface area contributed by atoms with Gasteiger partial charge in [-0.15, -0.1) is 0 Å². The van der Waals surface area contributed by atoms with Crippen molar-refractivity contribution in [3.8, 4) is 17.6 Å². The summed E-state index contributed by atoms with van der Waals surface area (Å²) in [7, 11) is 0. The van der Waals surface area contributed by atoms with E-state index in [2.05, 4.69) is 11.8 Å². The zero-order chi connectivity index (χ0) is 14.4. The normalized spacial score (nSPS) is 9.75. The maximum atomic E-state index is 13.6. The average Bonchev–Trinajstić information content (AvgIpc) is 2.47. The Morgan fingerprint density at radius 3 is 2.80 bits per heavy atom. The summed E-state index contributed by atoms with van der Waals surface area (Å²) in [6, 6.07) is 11.7. The van der Waals surface area contributed by atoms with Gasteiger partial charge in [-0.05, 0) is 30.3 Å². The van der Waals surface area contributed by atoms with Crippen LogP contribution in [0.4, 0.5) is 4.39 Å². The Labute approximate surface area is 122 Å². The fourth-order valence-corrected chi connectivity index (χ4v) is 1.85. The van der Waals surface area contributed by atoms with Gasteiger partial charge in [-0.1, -0.05) is 35.6 Å². The summed E-state index contributed by atoms with van der Waals surface area (Å²) < 4.78 is 19.2. The van der Waals surface area contributed by atoms with Crippen molar-refractivity contribution < 1.29 is 9.13 Å². The Morgan fingerprint density at radius 2 is 2.00 bits per heavy atom. The molecule has 0 aliphatic rings. The highest BCUT2D eigenvalue weighted by atomic mass is 35.5. The zero-order valence-corrected chi connectivity index (χ0v) is 11.5. The van der Waals surface area contributed by atoms with E-state index in [0.29, 0.717) is 16.3 Å². The third kappa shape index (κ3) is 3.74. The largest absolute Gasteiger partial charge is 0.487 e. The molecule has 0 amide bonds. The first-order valence-corrected chi connectivity index (χ1v) is 6.43. The smallest absolute Gasteiger partial charge is 0.135 e. The number of nitrogens with two attached hydrogens (primary N) is 1. The SMILES string of the molecule is NCC#Cc1ccccc1OCc1cc(Cl)ccc1F. The fourth-order valence-electron chi connectivity index (χ4n) is 1.65. The highest BCUT2D eigenvalue weighted by molar-refractivity contribution is 6.30. The first kappa shape index (κ1) is 14.4. The molecule has 4 heteroatoms. The summed E-state index contributed by atoms with van der Waals surface area (Å²) in [5.41, 5.74) is 6.47. The van der Waals surface area contributed by atoms with Crippen LogP contribution in [-0.4, -0.2) is 6.54 Å². The highest BCUT2D eigenvalue weighted by Crippen LogP contribution is 2.20. The number of halogens is 2. The van der Waals surface area contributed by atoms with Crippen molar-refractivity contribution in [3.63, 3.8) is 0 Å². The lowest BCUT2D eigenvalue weighted by molar-refractivity contribution is 0.299. The molecule has 20 heavy (non-hydrogen) atoms. The number of rotatable bonds is 3. The molecule has 0 heterocycles. The van der Waals surface area contributed by atoms with E-state index in [4.69, 9.17) is 22.1 Å². The van der Waals surface area contributed by atoms with Gasteiger partial charge in [0.25, 0.3) is 0 Å². The number of hydrogen-bond acceptors (Lipinski definition) is 2. The first-order chi connectivity index (χ1) is 9.70. The summed E-state index contributed by atoms with van der Waals surface area (Å²) in [5, 5.41) is 0.473. The van der Waals surface area contributed by atoms with Crippen LogP contribution in [0.2, 0.25) is 5.02 Å². The molecule has 0 bridgehead atoms. The van der Waals surface area contributed by atoms with Crippen LogP contribution in [0.25, 0.3) is 0 Å². The maximum absolute atomic E-state index is 13.6. The predicted octanol–water partition coefficient (Wildman–Crippen LogP) is 3.37. The summed E-state index contributed by atoms with van der Waals surface area (Å²) in [5.74, 6) is 5.92. The molecule has 0 aliphatic carbocycles. The van der Waals surface area contributed by atoms with Gasteiger partial charge in [0, 0.05) is 10.6 Å². The van der Waals surface area contributed by atoms with Gasteiger partial charge < -0.3 is 10.5 Å². The summed E-state index contributed by atoms with van der Waals surface area (Å²) in [6.07, 6.45) is 0. The first-order valence-electron chi connectivity index (χ1n) is 6.05. The van der Waals surface area contributed by atoms with Crippen LogP contribution < -0.4 is 10.5 Å². The standard InChI is InChI=1S/C16H13ClFNO/c17-14-7-8-15(18)13(10-14)11-20-16-6-2-1-4-12(16)5-3-9-19/h1-2,4,6-8,10H,9,11,19H2. The molecular weight excluding hydrogens is 277 g/mol. The van der Waals surface area contributed by atoms with Crippen LogP contribution in [0.15, 0.2) is 42.5 Å². The third-order valence-corrected chi connectivity index (χ3v) is 2.84. The van der Waals surface area contributed by atoms with Crippen LogP contribution in [0.1, 0.15) is 11.1 Å². The van der Waals surface area contributed by atoms with E-state index in [1.807, 2.05) is 18.2 Å². The minimum atomic E-state index is -0.347. The van der Waals surface area contributed by atoms with E-state index >= 15 is 0 Å². The van der Waals surface area contributed by atoms with Gasteiger partial charge in [-0.3, -0.25) is 0 Å². The molecule has 0 saturated carbocycles. The highest BCUT2D eigenvalue weighted by Gasteiger charge is 2.06. The average molecular weight is 290 g/mol. The fraction of sp³-hybridized carbons (Fsp3) is 0.125. The molecule has 0 atom stereocenters. The Bertz CT molecular complexity index is 661. The minimum Gasteiger partial charge on any atom is -0.487 e. The van der Waals surface area contributed by atoms with Crippen molar-refractivity contribution in [2.45, 2.75) is 6.61 Å². The molecule has 0 fully saturated rings. The molecule has 2 N–H and O–H groups in total. The number of ether oxygens (including phenoxy) is 1. The van der Waals surface area contributed by atoms with Crippen molar-refractivity contribution in [2.75, 3.05) is 6.54 Å². The van der Waals surface area contributed by atoms with Crippen LogP contribution in [0.3, 0.4) is 0 Å². The Hall–Kier alpha value is -2.02. The molecule has 2 aromatic rings. The van der Waals surface area contributed by atoms with Gasteiger partial charge in [0.2, 0.25) is 0 Å². The summed E-state index contributed by atoms with van der Waals surface area (Å²) >= 11 is 5.84. The van der Waals surface area contributed by atoms with Crippen LogP contribution in [0, 0.1) is 17.7 Å². The Balaban J connectivity index is 2.17. The van der Waals surface area contributed by atoms with Crippen molar-refractivity contribution in [2.24, 2.45) is 5.73 Å². The second-order valence-corrected chi connectivity index (χ2v) is 4.46. The van der Waals surface area contributed by atoms with E-state index in [-0.39, 0.29) is 19.0 Å². The number of para-hydroxylation sites is 1. The third-order valence-electron chi connectivity index (χ3n) is 2.60. The van der Waals surface area contributed by atoms with Crippen molar-refractivity contribution in [1.29, 1.82) is 0 Å². The summed E-state index contributed by atoms with van der Waals surface area (Å²) in [6.45, 7) is 0.366. The van der Waals surface area contributed by atoms with Gasteiger partial charge in [0.15, 0.2) is 0 Å². The van der Waals surface area contributed by atoms with Gasteiger partial charge in [0.1, 0.15) is 18.2 Å². The molecule has 0 unspecified atom stereocenters. The molecule has 0 aromatic heterocycles. The Kier molecular flexibility index (Phi) is 5.00. The predicted molar refractivity (Wildman–Crippen MR) is 78.1 cm³/mol. The number of hydrogen-bond donors (Lipinski definition) is 1. The van der Waals surface area contributed by atoms with Gasteiger partial charge >= 0.3 is 0 Å². The van der Waals surface area contributed by atoms with Crippen molar-refractivity contribution in [1.82, 2.24) is 0 Å². The molecule has 0 saturated heterocycles. The monoisotopic (exact) mass is 289 g/mol. The molecule has 2 rings (SSSR count). The van der Waals surface area contributed by atoms with Crippen molar-refractivity contribution >= 4 is 11.6 Å². The molecule has 0 aliphatic heterocycles. The van der Waals surface area contributed by atoms with Crippen LogP contribution in [-0.2, 0) is 6.61 Å². The molecule has 2 nitrogen and oxygen atoms in total. The second kappa shape index (κ2) is 6.95. The number of benzene rings is 2. The topological polar surface area (TPSA) is 35.2 Å². The summed E-state index contributed by atoms with van der Waals surface area (Å²) in [4.78, 5) is 0. The lowest BCUT2D eigenvalue weighted by Gasteiger charge is -2.09. The Morgan fingerprint density at radius 1 is 1.20 bits per heavy atom.